The maximum atomic E-state index is 5.12. The van der Waals surface area contributed by atoms with Crippen LogP contribution in [0.5, 0.6) is 0 Å². The Morgan fingerprint density at radius 1 is 1.56 bits per heavy atom. The van der Waals surface area contributed by atoms with Gasteiger partial charge in [-0.05, 0) is 0 Å². The van der Waals surface area contributed by atoms with Crippen LogP contribution < -0.4 is 11.6 Å². The predicted molar refractivity (Wildman–Crippen MR) is 35.1 cm³/mol. The quantitative estimate of drug-likeness (QED) is 0.168. The molecule has 0 radical (unpaired) electrons. The fourth-order valence-electron chi connectivity index (χ4n) is 0.250. The van der Waals surface area contributed by atoms with Crippen molar-refractivity contribution in [2.75, 3.05) is 6.54 Å². The van der Waals surface area contributed by atoms with Crippen LogP contribution >= 0.6 is 0 Å². The highest BCUT2D eigenvalue weighted by Gasteiger charge is 1.88. The summed E-state index contributed by atoms with van der Waals surface area (Å²) in [4.78, 5) is 0. The number of amidine groups is 1. The summed E-state index contributed by atoms with van der Waals surface area (Å²) in [7, 11) is 0. The maximum Gasteiger partial charge on any atom is 0.188 e. The highest BCUT2D eigenvalue weighted by Crippen LogP contribution is 1.78. The van der Waals surface area contributed by atoms with Crippen molar-refractivity contribution in [2.24, 2.45) is 32.1 Å². The van der Waals surface area contributed by atoms with Crippen molar-refractivity contribution in [2.45, 2.75) is 0 Å². The summed E-state index contributed by atoms with van der Waals surface area (Å²) in [6, 6.07) is 0. The van der Waals surface area contributed by atoms with Gasteiger partial charge in [-0.25, -0.2) is 0 Å². The monoisotopic (exact) mass is 128 g/mol. The summed E-state index contributed by atoms with van der Waals surface area (Å²) in [5, 5.41) is 12.8. The maximum absolute atomic E-state index is 5.12. The van der Waals surface area contributed by atoms with Gasteiger partial charge in [-0.15, -0.1) is 10.2 Å². The SMILES string of the molecule is C=N/N=C(/CN)N=NN. The van der Waals surface area contributed by atoms with Crippen molar-refractivity contribution >= 4 is 12.6 Å². The molecule has 0 aliphatic carbocycles. The molecule has 0 rings (SSSR count). The molecular formula is C3H8N6. The Labute approximate surface area is 52.3 Å². The molecule has 0 aromatic carbocycles. The molecule has 9 heavy (non-hydrogen) atoms. The fraction of sp³-hybridized carbons (Fsp3) is 0.333. The lowest BCUT2D eigenvalue weighted by Crippen LogP contribution is -2.10. The van der Waals surface area contributed by atoms with Gasteiger partial charge in [0.05, 0.1) is 6.54 Å². The molecule has 0 bridgehead atoms. The minimum absolute atomic E-state index is 0.152. The van der Waals surface area contributed by atoms with E-state index in [2.05, 4.69) is 27.3 Å². The van der Waals surface area contributed by atoms with Crippen LogP contribution in [-0.2, 0) is 0 Å². The van der Waals surface area contributed by atoms with Crippen molar-refractivity contribution < 1.29 is 0 Å². The highest BCUT2D eigenvalue weighted by molar-refractivity contribution is 5.84. The van der Waals surface area contributed by atoms with Crippen molar-refractivity contribution in [3.8, 4) is 0 Å². The molecule has 4 N–H and O–H groups in total. The van der Waals surface area contributed by atoms with Crippen LogP contribution in [0.2, 0.25) is 0 Å². The smallest absolute Gasteiger partial charge is 0.188 e. The zero-order valence-electron chi connectivity index (χ0n) is 4.86. The predicted octanol–water partition coefficient (Wildman–Crippen LogP) is -0.715. The summed E-state index contributed by atoms with van der Waals surface area (Å²) >= 11 is 0. The van der Waals surface area contributed by atoms with E-state index in [0.29, 0.717) is 0 Å². The summed E-state index contributed by atoms with van der Waals surface area (Å²) in [6.07, 6.45) is 0. The van der Waals surface area contributed by atoms with E-state index in [4.69, 9.17) is 11.6 Å². The van der Waals surface area contributed by atoms with E-state index in [1.54, 1.807) is 0 Å². The molecule has 0 unspecified atom stereocenters. The number of hydrogen-bond acceptors (Lipinski definition) is 4. The zero-order chi connectivity index (χ0) is 7.11. The van der Waals surface area contributed by atoms with Gasteiger partial charge in [0.25, 0.3) is 0 Å². The van der Waals surface area contributed by atoms with E-state index >= 15 is 0 Å². The third-order valence-electron chi connectivity index (χ3n) is 0.542. The number of hydrogen-bond donors (Lipinski definition) is 2. The topological polar surface area (TPSA) is 101 Å². The number of nitrogens with two attached hydrogens (primary N) is 2. The van der Waals surface area contributed by atoms with E-state index in [0.717, 1.165) is 0 Å². The van der Waals surface area contributed by atoms with Crippen molar-refractivity contribution in [3.05, 3.63) is 0 Å². The zero-order valence-corrected chi connectivity index (χ0v) is 4.86. The average Bonchev–Trinajstić information content (AvgIpc) is 1.88. The lowest BCUT2D eigenvalue weighted by Gasteiger charge is -1.86. The Morgan fingerprint density at radius 2 is 2.22 bits per heavy atom. The van der Waals surface area contributed by atoms with Gasteiger partial charge in [0.1, 0.15) is 0 Å². The van der Waals surface area contributed by atoms with Crippen LogP contribution in [0.1, 0.15) is 0 Å². The van der Waals surface area contributed by atoms with Crippen molar-refractivity contribution in [1.29, 1.82) is 0 Å². The van der Waals surface area contributed by atoms with Crippen LogP contribution in [0, 0.1) is 0 Å². The van der Waals surface area contributed by atoms with Gasteiger partial charge >= 0.3 is 0 Å². The van der Waals surface area contributed by atoms with E-state index in [1.807, 2.05) is 0 Å². The third-order valence-corrected chi connectivity index (χ3v) is 0.542. The minimum Gasteiger partial charge on any atom is -0.324 e. The Balaban J connectivity index is 3.96. The van der Waals surface area contributed by atoms with Crippen LogP contribution in [0.3, 0.4) is 0 Å². The van der Waals surface area contributed by atoms with Gasteiger partial charge in [-0.1, -0.05) is 5.22 Å². The Hall–Kier alpha value is -1.30. The molecule has 0 heterocycles. The molecule has 50 valence electrons. The molecule has 0 atom stereocenters. The van der Waals surface area contributed by atoms with Gasteiger partial charge in [-0.3, -0.25) is 0 Å². The molecule has 0 saturated carbocycles. The Kier molecular flexibility index (Phi) is 4.15. The molecule has 6 nitrogen and oxygen atoms in total. The summed E-state index contributed by atoms with van der Waals surface area (Å²) in [6.45, 7) is 3.25. The molecular weight excluding hydrogens is 120 g/mol. The van der Waals surface area contributed by atoms with E-state index in [1.165, 1.54) is 0 Å². The van der Waals surface area contributed by atoms with Gasteiger partial charge in [0, 0.05) is 6.72 Å². The third kappa shape index (κ3) is 3.30. The van der Waals surface area contributed by atoms with E-state index in [-0.39, 0.29) is 12.4 Å². The van der Waals surface area contributed by atoms with Gasteiger partial charge < -0.3 is 11.6 Å². The van der Waals surface area contributed by atoms with E-state index < -0.39 is 0 Å². The van der Waals surface area contributed by atoms with E-state index in [9.17, 15) is 0 Å². The van der Waals surface area contributed by atoms with Gasteiger partial charge in [0.15, 0.2) is 5.84 Å². The second-order valence-corrected chi connectivity index (χ2v) is 1.08. The molecule has 0 aliphatic rings. The molecule has 0 aromatic heterocycles. The van der Waals surface area contributed by atoms with Crippen LogP contribution in [0.25, 0.3) is 0 Å². The molecule has 0 amide bonds. The fourth-order valence-corrected chi connectivity index (χ4v) is 0.250. The Bertz CT molecular complexity index is 135. The molecule has 0 saturated heterocycles. The number of rotatable bonds is 2. The number of nitrogens with zero attached hydrogens (tertiary/aromatic N) is 4. The summed E-state index contributed by atoms with van der Waals surface area (Å²) in [5.41, 5.74) is 5.12. The van der Waals surface area contributed by atoms with Gasteiger partial charge in [0.2, 0.25) is 0 Å². The van der Waals surface area contributed by atoms with Crippen molar-refractivity contribution in [1.82, 2.24) is 0 Å². The van der Waals surface area contributed by atoms with Crippen molar-refractivity contribution in [3.63, 3.8) is 0 Å². The molecule has 0 aromatic rings. The normalized spacial score (nSPS) is 12.3. The average molecular weight is 128 g/mol. The first-order valence-corrected chi connectivity index (χ1v) is 2.18. The molecule has 0 spiro atoms. The molecule has 0 aliphatic heterocycles. The first-order chi connectivity index (χ1) is 4.35. The molecule has 0 fully saturated rings. The second kappa shape index (κ2) is 4.85. The first kappa shape index (κ1) is 7.70. The Morgan fingerprint density at radius 3 is 2.56 bits per heavy atom. The van der Waals surface area contributed by atoms with Crippen LogP contribution in [0.15, 0.2) is 20.5 Å². The van der Waals surface area contributed by atoms with Crippen LogP contribution in [0.4, 0.5) is 0 Å². The standard InChI is InChI=1S/C3H8N6/c1-6-7-3(2-4)8-9-5/h1-2,4H2,(H2,5,7,8). The lowest BCUT2D eigenvalue weighted by atomic mass is 10.6. The van der Waals surface area contributed by atoms with Crippen LogP contribution in [-0.4, -0.2) is 19.1 Å². The highest BCUT2D eigenvalue weighted by atomic mass is 15.4. The second-order valence-electron chi connectivity index (χ2n) is 1.08. The summed E-state index contributed by atoms with van der Waals surface area (Å²) < 4.78 is 0. The lowest BCUT2D eigenvalue weighted by molar-refractivity contribution is 1.04. The first-order valence-electron chi connectivity index (χ1n) is 2.18. The molecule has 6 heteroatoms. The minimum atomic E-state index is 0.152. The summed E-state index contributed by atoms with van der Waals surface area (Å²) in [5.74, 6) is 4.95. The van der Waals surface area contributed by atoms with Gasteiger partial charge in [-0.2, -0.15) is 5.10 Å². The largest absolute Gasteiger partial charge is 0.324 e.